The van der Waals surface area contributed by atoms with Crippen molar-refractivity contribution in [3.63, 3.8) is 0 Å². The Morgan fingerprint density at radius 3 is 2.47 bits per heavy atom. The third-order valence-corrected chi connectivity index (χ3v) is 1.87. The summed E-state index contributed by atoms with van der Waals surface area (Å²) in [4.78, 5) is 11.4. The SMILES string of the molecule is COCC(=O)c1cc(O)c(OC)cc1O. The molecule has 0 spiro atoms. The van der Waals surface area contributed by atoms with Crippen LogP contribution in [0.15, 0.2) is 12.1 Å². The second kappa shape index (κ2) is 4.65. The third-order valence-electron chi connectivity index (χ3n) is 1.87. The molecule has 2 N–H and O–H groups in total. The Bertz CT molecular complexity index is 372. The molecule has 0 bridgehead atoms. The number of rotatable bonds is 4. The molecule has 0 heterocycles. The first-order chi connectivity index (χ1) is 7.10. The molecule has 5 heteroatoms. The third kappa shape index (κ3) is 2.38. The van der Waals surface area contributed by atoms with Gasteiger partial charge in [-0.1, -0.05) is 0 Å². The van der Waals surface area contributed by atoms with Crippen LogP contribution in [0.25, 0.3) is 0 Å². The Kier molecular flexibility index (Phi) is 3.51. The van der Waals surface area contributed by atoms with Gasteiger partial charge in [0.25, 0.3) is 0 Å². The van der Waals surface area contributed by atoms with Crippen LogP contribution in [-0.2, 0) is 4.74 Å². The highest BCUT2D eigenvalue weighted by Gasteiger charge is 2.15. The molecule has 0 fully saturated rings. The van der Waals surface area contributed by atoms with Crippen molar-refractivity contribution >= 4 is 5.78 Å². The Morgan fingerprint density at radius 2 is 1.93 bits per heavy atom. The first-order valence-electron chi connectivity index (χ1n) is 4.22. The van der Waals surface area contributed by atoms with Gasteiger partial charge >= 0.3 is 0 Å². The zero-order valence-corrected chi connectivity index (χ0v) is 8.48. The lowest BCUT2D eigenvalue weighted by Crippen LogP contribution is -2.07. The van der Waals surface area contributed by atoms with Gasteiger partial charge in [-0.15, -0.1) is 0 Å². The van der Waals surface area contributed by atoms with Crippen molar-refractivity contribution < 1.29 is 24.5 Å². The fraction of sp³-hybridized carbons (Fsp3) is 0.300. The van der Waals surface area contributed by atoms with Crippen LogP contribution in [0.2, 0.25) is 0 Å². The van der Waals surface area contributed by atoms with Gasteiger partial charge in [0.05, 0.1) is 12.7 Å². The van der Waals surface area contributed by atoms with E-state index in [0.29, 0.717) is 0 Å². The van der Waals surface area contributed by atoms with Crippen LogP contribution >= 0.6 is 0 Å². The summed E-state index contributed by atoms with van der Waals surface area (Å²) in [5.41, 5.74) is 0.00940. The summed E-state index contributed by atoms with van der Waals surface area (Å²) in [5, 5.41) is 18.9. The maximum absolute atomic E-state index is 11.4. The molecule has 1 aromatic rings. The summed E-state index contributed by atoms with van der Waals surface area (Å²) in [5.74, 6) is -0.740. The molecule has 0 aliphatic rings. The van der Waals surface area contributed by atoms with E-state index < -0.39 is 5.78 Å². The van der Waals surface area contributed by atoms with Crippen molar-refractivity contribution in [3.05, 3.63) is 17.7 Å². The van der Waals surface area contributed by atoms with Gasteiger partial charge in [0.15, 0.2) is 17.3 Å². The summed E-state index contributed by atoms with van der Waals surface area (Å²) in [6.07, 6.45) is 0. The number of Topliss-reactive ketones (excluding diaryl/α,β-unsaturated/α-hetero) is 1. The topological polar surface area (TPSA) is 76.0 Å². The van der Waals surface area contributed by atoms with Crippen molar-refractivity contribution in [2.24, 2.45) is 0 Å². The van der Waals surface area contributed by atoms with E-state index in [9.17, 15) is 15.0 Å². The first-order valence-corrected chi connectivity index (χ1v) is 4.22. The van der Waals surface area contributed by atoms with Gasteiger partial charge in [0.2, 0.25) is 0 Å². The van der Waals surface area contributed by atoms with Crippen LogP contribution in [0.1, 0.15) is 10.4 Å². The number of carbonyl (C=O) groups excluding carboxylic acids is 1. The van der Waals surface area contributed by atoms with Crippen LogP contribution in [0.5, 0.6) is 17.2 Å². The Balaban J connectivity index is 3.10. The van der Waals surface area contributed by atoms with Gasteiger partial charge in [-0.05, 0) is 6.07 Å². The molecule has 0 aliphatic carbocycles. The van der Waals surface area contributed by atoms with E-state index in [1.165, 1.54) is 20.3 Å². The second-order valence-electron chi connectivity index (χ2n) is 2.90. The molecule has 1 aromatic carbocycles. The number of aromatic hydroxyl groups is 2. The van der Waals surface area contributed by atoms with E-state index in [2.05, 4.69) is 4.74 Å². The van der Waals surface area contributed by atoms with Gasteiger partial charge in [0, 0.05) is 13.2 Å². The number of carbonyl (C=O) groups is 1. The molecule has 0 saturated heterocycles. The van der Waals surface area contributed by atoms with Crippen molar-refractivity contribution in [3.8, 4) is 17.2 Å². The van der Waals surface area contributed by atoms with Crippen LogP contribution in [0, 0.1) is 0 Å². The van der Waals surface area contributed by atoms with Crippen molar-refractivity contribution in [2.45, 2.75) is 0 Å². The average molecular weight is 212 g/mol. The molecular formula is C10H12O5. The first kappa shape index (κ1) is 11.3. The molecule has 15 heavy (non-hydrogen) atoms. The van der Waals surface area contributed by atoms with E-state index in [1.54, 1.807) is 0 Å². The highest BCUT2D eigenvalue weighted by Crippen LogP contribution is 2.33. The van der Waals surface area contributed by atoms with Gasteiger partial charge in [0.1, 0.15) is 12.4 Å². The van der Waals surface area contributed by atoms with Gasteiger partial charge < -0.3 is 19.7 Å². The molecular weight excluding hydrogens is 200 g/mol. The molecule has 0 aromatic heterocycles. The number of ether oxygens (including phenoxy) is 2. The predicted molar refractivity (Wildman–Crippen MR) is 52.5 cm³/mol. The lowest BCUT2D eigenvalue weighted by Gasteiger charge is -2.07. The molecule has 0 unspecified atom stereocenters. The summed E-state index contributed by atoms with van der Waals surface area (Å²) in [6, 6.07) is 2.33. The van der Waals surface area contributed by atoms with Crippen LogP contribution in [0.4, 0.5) is 0 Å². The van der Waals surface area contributed by atoms with Crippen molar-refractivity contribution in [1.29, 1.82) is 0 Å². The molecule has 82 valence electrons. The molecule has 0 amide bonds. The molecule has 0 radical (unpaired) electrons. The maximum atomic E-state index is 11.4. The van der Waals surface area contributed by atoms with Gasteiger partial charge in [-0.3, -0.25) is 4.79 Å². The largest absolute Gasteiger partial charge is 0.507 e. The van der Waals surface area contributed by atoms with E-state index >= 15 is 0 Å². The van der Waals surface area contributed by atoms with Crippen LogP contribution in [-0.4, -0.2) is 36.8 Å². The van der Waals surface area contributed by atoms with E-state index in [0.717, 1.165) is 6.07 Å². The lowest BCUT2D eigenvalue weighted by atomic mass is 10.1. The number of methoxy groups -OCH3 is 2. The molecule has 5 nitrogen and oxygen atoms in total. The number of benzene rings is 1. The van der Waals surface area contributed by atoms with Crippen molar-refractivity contribution in [1.82, 2.24) is 0 Å². The fourth-order valence-electron chi connectivity index (χ4n) is 1.15. The van der Waals surface area contributed by atoms with E-state index in [1.807, 2.05) is 0 Å². The monoisotopic (exact) mass is 212 g/mol. The zero-order chi connectivity index (χ0) is 11.4. The number of hydrogen-bond donors (Lipinski definition) is 2. The Morgan fingerprint density at radius 1 is 1.27 bits per heavy atom. The molecule has 0 aliphatic heterocycles. The zero-order valence-electron chi connectivity index (χ0n) is 8.48. The summed E-state index contributed by atoms with van der Waals surface area (Å²) < 4.78 is 9.40. The van der Waals surface area contributed by atoms with Crippen LogP contribution in [0.3, 0.4) is 0 Å². The van der Waals surface area contributed by atoms with E-state index in [4.69, 9.17) is 4.74 Å². The molecule has 0 saturated carbocycles. The maximum Gasteiger partial charge on any atom is 0.192 e. The van der Waals surface area contributed by atoms with E-state index in [-0.39, 0.29) is 29.4 Å². The minimum Gasteiger partial charge on any atom is -0.507 e. The number of hydrogen-bond acceptors (Lipinski definition) is 5. The highest BCUT2D eigenvalue weighted by atomic mass is 16.5. The normalized spacial score (nSPS) is 10.0. The molecule has 1 rings (SSSR count). The number of ketones is 1. The number of phenols is 2. The van der Waals surface area contributed by atoms with Crippen LogP contribution < -0.4 is 4.74 Å². The lowest BCUT2D eigenvalue weighted by molar-refractivity contribution is 0.0845. The average Bonchev–Trinajstić information content (AvgIpc) is 2.21. The van der Waals surface area contributed by atoms with Gasteiger partial charge in [-0.25, -0.2) is 0 Å². The summed E-state index contributed by atoms with van der Waals surface area (Å²) >= 11 is 0. The van der Waals surface area contributed by atoms with Gasteiger partial charge in [-0.2, -0.15) is 0 Å². The fourth-order valence-corrected chi connectivity index (χ4v) is 1.15. The Hall–Kier alpha value is -1.75. The second-order valence-corrected chi connectivity index (χ2v) is 2.90. The Labute approximate surface area is 86.9 Å². The minimum atomic E-state index is -0.409. The minimum absolute atomic E-state index is 0.00940. The predicted octanol–water partition coefficient (Wildman–Crippen LogP) is 0.935. The smallest absolute Gasteiger partial charge is 0.192 e. The summed E-state index contributed by atoms with van der Waals surface area (Å²) in [7, 11) is 2.73. The summed E-state index contributed by atoms with van der Waals surface area (Å²) in [6.45, 7) is -0.153. The quantitative estimate of drug-likeness (QED) is 0.573. The van der Waals surface area contributed by atoms with Crippen molar-refractivity contribution in [2.75, 3.05) is 20.8 Å². The number of phenolic OH excluding ortho intramolecular Hbond substituents is 2. The molecule has 0 atom stereocenters. The standard InChI is InChI=1S/C10H12O5/c1-14-5-9(13)6-3-8(12)10(15-2)4-7(6)11/h3-4,11-12H,5H2,1-2H3. The highest BCUT2D eigenvalue weighted by molar-refractivity contribution is 6.00.